The molecule has 63 heavy (non-hydrogen) atoms. The first-order valence-corrected chi connectivity index (χ1v) is 21.8. The maximum absolute atomic E-state index is 2.47. The molecule has 0 atom stereocenters. The first-order valence-electron chi connectivity index (χ1n) is 21.8. The molecule has 0 saturated heterocycles. The molecule has 11 aromatic rings. The Kier molecular flexibility index (Phi) is 8.76. The lowest BCUT2D eigenvalue weighted by Crippen LogP contribution is -2.28. The van der Waals surface area contributed by atoms with Gasteiger partial charge in [-0.05, 0) is 116 Å². The summed E-state index contributed by atoms with van der Waals surface area (Å²) in [7, 11) is 0. The molecule has 2 nitrogen and oxygen atoms in total. The quantitative estimate of drug-likeness (QED) is 0.149. The van der Waals surface area contributed by atoms with Crippen molar-refractivity contribution >= 4 is 38.9 Å². The summed E-state index contributed by atoms with van der Waals surface area (Å²) in [5.74, 6) is 0. The average Bonchev–Trinajstić information content (AvgIpc) is 3.86. The van der Waals surface area contributed by atoms with Crippen molar-refractivity contribution in [2.75, 3.05) is 4.90 Å². The highest BCUT2D eigenvalue weighted by atomic mass is 15.1. The second-order valence-electron chi connectivity index (χ2n) is 16.5. The predicted octanol–water partition coefficient (Wildman–Crippen LogP) is 16.0. The van der Waals surface area contributed by atoms with Crippen LogP contribution in [0.1, 0.15) is 22.3 Å². The topological polar surface area (TPSA) is 8.17 Å². The average molecular weight is 803 g/mol. The Hall–Kier alpha value is -8.20. The molecular formula is C61H42N2. The summed E-state index contributed by atoms with van der Waals surface area (Å²) < 4.78 is 2.47. The molecule has 0 unspecified atom stereocenters. The van der Waals surface area contributed by atoms with Crippen LogP contribution < -0.4 is 4.90 Å². The maximum atomic E-state index is 2.47. The fourth-order valence-electron chi connectivity index (χ4n) is 10.3. The fraction of sp³-hybridized carbons (Fsp3) is 0.0164. The van der Waals surface area contributed by atoms with Gasteiger partial charge in [-0.15, -0.1) is 0 Å². The van der Waals surface area contributed by atoms with E-state index in [2.05, 4.69) is 264 Å². The number of hydrogen-bond acceptors (Lipinski definition) is 1. The second-order valence-corrected chi connectivity index (χ2v) is 16.5. The SMILES string of the molecule is c1ccc(-c2ccc(N(c3ccccc3)c3ccc(-c4ccc5c6ccccc6n(-c6ccc7c(c6)C(c6ccccc6)(c6ccccc6)c6ccccc6-7)c5c4)cc3)cc2)cc1. The second kappa shape index (κ2) is 15.1. The highest BCUT2D eigenvalue weighted by Gasteiger charge is 2.46. The van der Waals surface area contributed by atoms with E-state index in [9.17, 15) is 0 Å². The molecular weight excluding hydrogens is 761 g/mol. The number of benzene rings is 10. The van der Waals surface area contributed by atoms with Crippen molar-refractivity contribution < 1.29 is 0 Å². The molecule has 1 aliphatic carbocycles. The van der Waals surface area contributed by atoms with Gasteiger partial charge in [-0.25, -0.2) is 0 Å². The first-order chi connectivity index (χ1) is 31.3. The largest absolute Gasteiger partial charge is 0.311 e. The van der Waals surface area contributed by atoms with E-state index < -0.39 is 5.41 Å². The molecule has 1 heterocycles. The van der Waals surface area contributed by atoms with E-state index in [1.165, 1.54) is 77.4 Å². The van der Waals surface area contributed by atoms with E-state index in [4.69, 9.17) is 0 Å². The number of para-hydroxylation sites is 2. The molecule has 0 aliphatic heterocycles. The molecule has 1 aliphatic rings. The molecule has 10 aromatic carbocycles. The normalized spacial score (nSPS) is 12.6. The van der Waals surface area contributed by atoms with Crippen molar-refractivity contribution in [1.82, 2.24) is 4.57 Å². The third-order valence-corrected chi connectivity index (χ3v) is 13.1. The standard InChI is InChI=1S/C61H42N2/c1-5-17-43(18-6-1)44-29-34-50(35-30-44)62(49-23-11-4-12-24-49)51-36-31-45(32-37-51)46-33-39-56-55-26-14-16-28-59(55)63(60(56)41-46)52-38-40-54-53-25-13-15-27-57(53)61(58(54)42-52,47-19-7-2-8-20-47)48-21-9-3-10-22-48/h1-42H. The van der Waals surface area contributed by atoms with Gasteiger partial charge in [0.05, 0.1) is 16.4 Å². The molecule has 0 fully saturated rings. The minimum Gasteiger partial charge on any atom is -0.311 e. The summed E-state index contributed by atoms with van der Waals surface area (Å²) >= 11 is 0. The third-order valence-electron chi connectivity index (χ3n) is 13.1. The molecule has 0 N–H and O–H groups in total. The summed E-state index contributed by atoms with van der Waals surface area (Å²) in [5.41, 5.74) is 18.8. The summed E-state index contributed by atoms with van der Waals surface area (Å²) in [6.07, 6.45) is 0. The van der Waals surface area contributed by atoms with Crippen LogP contribution in [0.3, 0.4) is 0 Å². The van der Waals surface area contributed by atoms with Crippen molar-refractivity contribution in [3.8, 4) is 39.1 Å². The van der Waals surface area contributed by atoms with Crippen LogP contribution in [0, 0.1) is 0 Å². The van der Waals surface area contributed by atoms with Gasteiger partial charge < -0.3 is 9.47 Å². The van der Waals surface area contributed by atoms with E-state index >= 15 is 0 Å². The third kappa shape index (κ3) is 5.95. The first kappa shape index (κ1) is 36.6. The number of anilines is 3. The molecule has 0 bridgehead atoms. The number of hydrogen-bond donors (Lipinski definition) is 0. The van der Waals surface area contributed by atoms with Crippen LogP contribution in [0.25, 0.3) is 60.9 Å². The molecule has 12 rings (SSSR count). The summed E-state index contributed by atoms with van der Waals surface area (Å²) in [5, 5.41) is 2.48. The predicted molar refractivity (Wildman–Crippen MR) is 264 cm³/mol. The zero-order valence-corrected chi connectivity index (χ0v) is 34.6. The molecule has 0 amide bonds. The van der Waals surface area contributed by atoms with Crippen molar-refractivity contribution in [2.45, 2.75) is 5.41 Å². The lowest BCUT2D eigenvalue weighted by molar-refractivity contribution is 0.767. The summed E-state index contributed by atoms with van der Waals surface area (Å²) in [4.78, 5) is 2.33. The Morgan fingerprint density at radius 2 is 0.778 bits per heavy atom. The highest BCUT2D eigenvalue weighted by molar-refractivity contribution is 6.10. The van der Waals surface area contributed by atoms with Gasteiger partial charge in [0.1, 0.15) is 0 Å². The minimum atomic E-state index is -0.478. The van der Waals surface area contributed by atoms with Gasteiger partial charge in [-0.1, -0.05) is 194 Å². The molecule has 0 saturated carbocycles. The Morgan fingerprint density at radius 1 is 0.302 bits per heavy atom. The van der Waals surface area contributed by atoms with Gasteiger partial charge in [-0.2, -0.15) is 0 Å². The van der Waals surface area contributed by atoms with Crippen molar-refractivity contribution in [2.24, 2.45) is 0 Å². The molecule has 0 spiro atoms. The monoisotopic (exact) mass is 802 g/mol. The van der Waals surface area contributed by atoms with Gasteiger partial charge in [-0.3, -0.25) is 0 Å². The van der Waals surface area contributed by atoms with Crippen LogP contribution in [0.5, 0.6) is 0 Å². The van der Waals surface area contributed by atoms with Gasteiger partial charge >= 0.3 is 0 Å². The zero-order chi connectivity index (χ0) is 41.7. The zero-order valence-electron chi connectivity index (χ0n) is 34.6. The van der Waals surface area contributed by atoms with Gasteiger partial charge in [0.25, 0.3) is 0 Å². The number of nitrogens with zero attached hydrogens (tertiary/aromatic N) is 2. The Balaban J connectivity index is 0.986. The van der Waals surface area contributed by atoms with Crippen LogP contribution >= 0.6 is 0 Å². The van der Waals surface area contributed by atoms with Gasteiger partial charge in [0.2, 0.25) is 0 Å². The van der Waals surface area contributed by atoms with Gasteiger partial charge in [0, 0.05) is 33.5 Å². The van der Waals surface area contributed by atoms with Crippen molar-refractivity contribution in [3.05, 3.63) is 277 Å². The summed E-state index contributed by atoms with van der Waals surface area (Å²) in [6.45, 7) is 0. The summed E-state index contributed by atoms with van der Waals surface area (Å²) in [6, 6.07) is 93.1. The molecule has 2 heteroatoms. The van der Waals surface area contributed by atoms with E-state index in [1.54, 1.807) is 0 Å². The number of fused-ring (bicyclic) bond motifs is 6. The van der Waals surface area contributed by atoms with Crippen LogP contribution in [-0.2, 0) is 5.41 Å². The number of rotatable bonds is 8. The van der Waals surface area contributed by atoms with E-state index in [0.29, 0.717) is 0 Å². The van der Waals surface area contributed by atoms with Gasteiger partial charge in [0.15, 0.2) is 0 Å². The maximum Gasteiger partial charge on any atom is 0.0714 e. The van der Waals surface area contributed by atoms with Crippen LogP contribution in [0.15, 0.2) is 255 Å². The molecule has 296 valence electrons. The van der Waals surface area contributed by atoms with E-state index in [-0.39, 0.29) is 0 Å². The number of aromatic nitrogens is 1. The Morgan fingerprint density at radius 3 is 1.44 bits per heavy atom. The van der Waals surface area contributed by atoms with Crippen LogP contribution in [0.2, 0.25) is 0 Å². The van der Waals surface area contributed by atoms with Crippen LogP contribution in [-0.4, -0.2) is 4.57 Å². The molecule has 1 aromatic heterocycles. The van der Waals surface area contributed by atoms with E-state index in [1.807, 2.05) is 0 Å². The molecule has 0 radical (unpaired) electrons. The fourth-order valence-corrected chi connectivity index (χ4v) is 10.3. The Bertz CT molecular complexity index is 3370. The highest BCUT2D eigenvalue weighted by Crippen LogP contribution is 2.56. The van der Waals surface area contributed by atoms with Crippen LogP contribution in [0.4, 0.5) is 17.1 Å². The van der Waals surface area contributed by atoms with Crippen molar-refractivity contribution in [1.29, 1.82) is 0 Å². The smallest absolute Gasteiger partial charge is 0.0714 e. The van der Waals surface area contributed by atoms with Crippen molar-refractivity contribution in [3.63, 3.8) is 0 Å². The van der Waals surface area contributed by atoms with E-state index in [0.717, 1.165) is 22.7 Å². The minimum absolute atomic E-state index is 0.478. The lowest BCUT2D eigenvalue weighted by Gasteiger charge is -2.34. The lowest BCUT2D eigenvalue weighted by atomic mass is 9.67. The Labute approximate surface area is 368 Å².